The van der Waals surface area contributed by atoms with Crippen LogP contribution in [-0.4, -0.2) is 43.2 Å². The summed E-state index contributed by atoms with van der Waals surface area (Å²) < 4.78 is 5.06. The Kier molecular flexibility index (Phi) is 6.37. The maximum absolute atomic E-state index is 12.4. The van der Waals surface area contributed by atoms with E-state index in [2.05, 4.69) is 15.6 Å². The molecule has 1 fully saturated rings. The quantitative estimate of drug-likeness (QED) is 0.527. The zero-order valence-electron chi connectivity index (χ0n) is 16.2. The molecule has 1 amide bonds. The zero-order chi connectivity index (χ0) is 19.9. The molecular weight excluding hydrogens is 356 g/mol. The number of para-hydroxylation sites is 1. The number of benzene rings is 2. The monoisotopic (exact) mass is 382 g/mol. The van der Waals surface area contributed by atoms with E-state index in [0.29, 0.717) is 37.8 Å². The molecule has 7 nitrogen and oxygen atoms in total. The normalized spacial score (nSPS) is 16.9. The third-order valence-electron chi connectivity index (χ3n) is 4.54. The van der Waals surface area contributed by atoms with Gasteiger partial charge >= 0.3 is 0 Å². The SMILES string of the molecule is CCNC(=NCc1ccc(OC)c(O)c1)NC1CC(=O)N(c2ccccc2)C1. The van der Waals surface area contributed by atoms with E-state index in [1.165, 1.54) is 7.11 Å². The fourth-order valence-corrected chi connectivity index (χ4v) is 3.18. The number of nitrogens with one attached hydrogen (secondary N) is 2. The van der Waals surface area contributed by atoms with Crippen LogP contribution < -0.4 is 20.3 Å². The van der Waals surface area contributed by atoms with Crippen LogP contribution in [-0.2, 0) is 11.3 Å². The second kappa shape index (κ2) is 9.12. The average Bonchev–Trinajstić information content (AvgIpc) is 3.07. The molecule has 2 aromatic carbocycles. The van der Waals surface area contributed by atoms with E-state index in [0.717, 1.165) is 11.3 Å². The second-order valence-electron chi connectivity index (χ2n) is 6.59. The Bertz CT molecular complexity index is 839. The Morgan fingerprint density at radius 3 is 2.75 bits per heavy atom. The summed E-state index contributed by atoms with van der Waals surface area (Å²) in [6, 6.07) is 14.9. The number of phenolic OH excluding ortho intramolecular Hbond substituents is 1. The van der Waals surface area contributed by atoms with Gasteiger partial charge in [0.1, 0.15) is 0 Å². The van der Waals surface area contributed by atoms with E-state index in [4.69, 9.17) is 4.74 Å². The number of carbonyl (C=O) groups is 1. The number of ether oxygens (including phenoxy) is 1. The molecule has 0 radical (unpaired) electrons. The van der Waals surface area contributed by atoms with Crippen LogP contribution in [0.1, 0.15) is 18.9 Å². The highest BCUT2D eigenvalue weighted by molar-refractivity contribution is 5.97. The van der Waals surface area contributed by atoms with Crippen LogP contribution in [0.3, 0.4) is 0 Å². The zero-order valence-corrected chi connectivity index (χ0v) is 16.2. The number of nitrogens with zero attached hydrogens (tertiary/aromatic N) is 2. The smallest absolute Gasteiger partial charge is 0.229 e. The van der Waals surface area contributed by atoms with Crippen molar-refractivity contribution in [3.63, 3.8) is 0 Å². The van der Waals surface area contributed by atoms with Crippen molar-refractivity contribution in [1.82, 2.24) is 10.6 Å². The number of hydrogen-bond acceptors (Lipinski definition) is 4. The van der Waals surface area contributed by atoms with Gasteiger partial charge in [0, 0.05) is 25.2 Å². The summed E-state index contributed by atoms with van der Waals surface area (Å²) in [6.45, 7) is 3.70. The van der Waals surface area contributed by atoms with Crippen LogP contribution in [0.15, 0.2) is 53.5 Å². The summed E-state index contributed by atoms with van der Waals surface area (Å²) in [7, 11) is 1.52. The predicted octanol–water partition coefficient (Wildman–Crippen LogP) is 2.26. The van der Waals surface area contributed by atoms with Crippen molar-refractivity contribution in [2.45, 2.75) is 25.9 Å². The summed E-state index contributed by atoms with van der Waals surface area (Å²) in [6.07, 6.45) is 0.419. The Morgan fingerprint density at radius 2 is 2.07 bits per heavy atom. The summed E-state index contributed by atoms with van der Waals surface area (Å²) in [5.74, 6) is 1.27. The molecular formula is C21H26N4O3. The van der Waals surface area contributed by atoms with Crippen LogP contribution >= 0.6 is 0 Å². The lowest BCUT2D eigenvalue weighted by atomic mass is 10.2. The van der Waals surface area contributed by atoms with E-state index in [1.54, 1.807) is 17.0 Å². The molecule has 0 aliphatic carbocycles. The predicted molar refractivity (Wildman–Crippen MR) is 110 cm³/mol. The molecule has 148 valence electrons. The molecule has 0 saturated carbocycles. The highest BCUT2D eigenvalue weighted by Crippen LogP contribution is 2.26. The number of anilines is 1. The van der Waals surface area contributed by atoms with Gasteiger partial charge in [0.25, 0.3) is 0 Å². The summed E-state index contributed by atoms with van der Waals surface area (Å²) in [5.41, 5.74) is 1.77. The molecule has 3 N–H and O–H groups in total. The summed E-state index contributed by atoms with van der Waals surface area (Å²) in [4.78, 5) is 18.8. The van der Waals surface area contributed by atoms with Crippen molar-refractivity contribution in [3.8, 4) is 11.5 Å². The van der Waals surface area contributed by atoms with Crippen molar-refractivity contribution in [1.29, 1.82) is 0 Å². The molecule has 1 atom stereocenters. The molecule has 2 aromatic rings. The minimum Gasteiger partial charge on any atom is -0.504 e. The Balaban J connectivity index is 1.65. The molecule has 1 aliphatic heterocycles. The number of phenols is 1. The lowest BCUT2D eigenvalue weighted by Crippen LogP contribution is -2.44. The van der Waals surface area contributed by atoms with E-state index >= 15 is 0 Å². The lowest BCUT2D eigenvalue weighted by Gasteiger charge is -2.19. The molecule has 3 rings (SSSR count). The van der Waals surface area contributed by atoms with Gasteiger partial charge in [-0.05, 0) is 36.8 Å². The molecule has 28 heavy (non-hydrogen) atoms. The molecule has 0 spiro atoms. The van der Waals surface area contributed by atoms with Crippen molar-refractivity contribution in [3.05, 3.63) is 54.1 Å². The molecule has 7 heteroatoms. The largest absolute Gasteiger partial charge is 0.504 e. The number of aliphatic imine (C=N–C) groups is 1. The van der Waals surface area contributed by atoms with Gasteiger partial charge in [-0.15, -0.1) is 0 Å². The first-order valence-electron chi connectivity index (χ1n) is 9.37. The molecule has 1 heterocycles. The van der Waals surface area contributed by atoms with Crippen LogP contribution in [0.25, 0.3) is 0 Å². The minimum absolute atomic E-state index is 0.0187. The molecule has 1 saturated heterocycles. The van der Waals surface area contributed by atoms with Crippen molar-refractivity contribution < 1.29 is 14.6 Å². The standard InChI is InChI=1S/C21H26N4O3/c1-3-22-21(23-13-15-9-10-19(28-2)18(26)11-15)24-16-12-20(27)25(14-16)17-7-5-4-6-8-17/h4-11,16,26H,3,12-14H2,1-2H3,(H2,22,23,24). The topological polar surface area (TPSA) is 86.2 Å². The third kappa shape index (κ3) is 4.73. The first-order valence-corrected chi connectivity index (χ1v) is 9.37. The van der Waals surface area contributed by atoms with Gasteiger partial charge in [-0.1, -0.05) is 24.3 Å². The number of guanidine groups is 1. The van der Waals surface area contributed by atoms with Gasteiger partial charge < -0.3 is 25.4 Å². The Hall–Kier alpha value is -3.22. The van der Waals surface area contributed by atoms with Gasteiger partial charge in [0.15, 0.2) is 17.5 Å². The molecule has 1 unspecified atom stereocenters. The van der Waals surface area contributed by atoms with E-state index in [-0.39, 0.29) is 17.7 Å². The van der Waals surface area contributed by atoms with E-state index in [9.17, 15) is 9.90 Å². The van der Waals surface area contributed by atoms with Crippen molar-refractivity contribution >= 4 is 17.6 Å². The van der Waals surface area contributed by atoms with Gasteiger partial charge in [-0.2, -0.15) is 0 Å². The first kappa shape index (κ1) is 19.5. The van der Waals surface area contributed by atoms with Gasteiger partial charge in [-0.3, -0.25) is 4.79 Å². The second-order valence-corrected chi connectivity index (χ2v) is 6.59. The number of hydrogen-bond donors (Lipinski definition) is 3. The lowest BCUT2D eigenvalue weighted by molar-refractivity contribution is -0.117. The number of rotatable bonds is 6. The first-order chi connectivity index (χ1) is 13.6. The van der Waals surface area contributed by atoms with Gasteiger partial charge in [0.2, 0.25) is 5.91 Å². The van der Waals surface area contributed by atoms with Crippen LogP contribution in [0.5, 0.6) is 11.5 Å². The highest BCUT2D eigenvalue weighted by Gasteiger charge is 2.31. The molecule has 0 aromatic heterocycles. The minimum atomic E-state index is -0.0187. The third-order valence-corrected chi connectivity index (χ3v) is 4.54. The van der Waals surface area contributed by atoms with E-state index < -0.39 is 0 Å². The maximum atomic E-state index is 12.4. The van der Waals surface area contributed by atoms with E-state index in [1.807, 2.05) is 43.3 Å². The number of carbonyl (C=O) groups excluding carboxylic acids is 1. The Labute approximate surface area is 165 Å². The average molecular weight is 382 g/mol. The van der Waals surface area contributed by atoms with Crippen molar-refractivity contribution in [2.75, 3.05) is 25.1 Å². The Morgan fingerprint density at radius 1 is 1.29 bits per heavy atom. The molecule has 0 bridgehead atoms. The summed E-state index contributed by atoms with van der Waals surface area (Å²) >= 11 is 0. The van der Waals surface area contributed by atoms with Gasteiger partial charge in [-0.25, -0.2) is 4.99 Å². The highest BCUT2D eigenvalue weighted by atomic mass is 16.5. The van der Waals surface area contributed by atoms with Crippen LogP contribution in [0.4, 0.5) is 5.69 Å². The summed E-state index contributed by atoms with van der Waals surface area (Å²) in [5, 5.41) is 16.5. The van der Waals surface area contributed by atoms with Crippen LogP contribution in [0.2, 0.25) is 0 Å². The van der Waals surface area contributed by atoms with Crippen LogP contribution in [0, 0.1) is 0 Å². The number of aromatic hydroxyl groups is 1. The number of amides is 1. The van der Waals surface area contributed by atoms with Crippen molar-refractivity contribution in [2.24, 2.45) is 4.99 Å². The van der Waals surface area contributed by atoms with Gasteiger partial charge in [0.05, 0.1) is 19.7 Å². The fourth-order valence-electron chi connectivity index (χ4n) is 3.18. The molecule has 1 aliphatic rings. The fraction of sp³-hybridized carbons (Fsp3) is 0.333. The maximum Gasteiger partial charge on any atom is 0.229 e. The number of methoxy groups -OCH3 is 1.